The summed E-state index contributed by atoms with van der Waals surface area (Å²) in [7, 11) is -4.18. The van der Waals surface area contributed by atoms with Gasteiger partial charge in [0.25, 0.3) is 0 Å². The monoisotopic (exact) mass is 521 g/mol. The van der Waals surface area contributed by atoms with E-state index in [0.29, 0.717) is 5.56 Å². The molecule has 0 aliphatic rings. The quantitative estimate of drug-likeness (QED) is 0.266. The van der Waals surface area contributed by atoms with Crippen LogP contribution >= 0.6 is 11.6 Å². The van der Waals surface area contributed by atoms with Crippen LogP contribution in [0.25, 0.3) is 0 Å². The molecule has 0 unspecified atom stereocenters. The molecule has 35 heavy (non-hydrogen) atoms. The summed E-state index contributed by atoms with van der Waals surface area (Å²) in [4.78, 5) is 23.0. The highest BCUT2D eigenvalue weighted by molar-refractivity contribution is 7.91. The molecule has 3 aromatic carbocycles. The van der Waals surface area contributed by atoms with Crippen LogP contribution in [-0.2, 0) is 24.2 Å². The fourth-order valence-electron chi connectivity index (χ4n) is 3.01. The van der Waals surface area contributed by atoms with Gasteiger partial charge in [-0.05, 0) is 74.9 Å². The van der Waals surface area contributed by atoms with Crippen LogP contribution in [0.3, 0.4) is 0 Å². The maximum atomic E-state index is 13.2. The van der Waals surface area contributed by atoms with E-state index < -0.39 is 44.3 Å². The van der Waals surface area contributed by atoms with Crippen molar-refractivity contribution in [3.8, 4) is 17.2 Å². The van der Waals surface area contributed by atoms with Crippen LogP contribution in [0.2, 0.25) is 5.02 Å². The molecule has 11 heteroatoms. The van der Waals surface area contributed by atoms with Crippen molar-refractivity contribution in [2.45, 2.75) is 36.7 Å². The van der Waals surface area contributed by atoms with Crippen molar-refractivity contribution in [3.63, 3.8) is 0 Å². The van der Waals surface area contributed by atoms with Crippen LogP contribution in [0.4, 0.5) is 10.1 Å². The van der Waals surface area contributed by atoms with Gasteiger partial charge in [-0.25, -0.2) is 17.6 Å². The standard InChI is InChI=1S/C24H21ClFNO7S/c1-13(2)33-24(30)23(29)27-16-10-14(3)22(19(25)11-16)34-17-6-9-20(28)21(12-17)35(31,32)18-7-4-15(26)5-8-18/h4-13,28H,1-3H3,(H,27,29). The Morgan fingerprint density at radius 2 is 1.71 bits per heavy atom. The molecule has 0 radical (unpaired) electrons. The lowest BCUT2D eigenvalue weighted by Crippen LogP contribution is -2.27. The molecule has 0 aromatic heterocycles. The summed E-state index contributed by atoms with van der Waals surface area (Å²) < 4.78 is 49.7. The number of nitrogens with one attached hydrogen (secondary N) is 1. The van der Waals surface area contributed by atoms with Crippen molar-refractivity contribution in [2.75, 3.05) is 5.32 Å². The molecular formula is C24H21ClFNO7S. The number of aromatic hydroxyl groups is 1. The molecule has 0 aliphatic heterocycles. The maximum absolute atomic E-state index is 13.2. The Balaban J connectivity index is 1.87. The molecule has 0 spiro atoms. The van der Waals surface area contributed by atoms with Crippen LogP contribution in [0, 0.1) is 12.7 Å². The molecule has 0 fully saturated rings. The van der Waals surface area contributed by atoms with Gasteiger partial charge < -0.3 is 19.9 Å². The number of amides is 1. The molecule has 0 saturated heterocycles. The molecule has 0 saturated carbocycles. The largest absolute Gasteiger partial charge is 0.507 e. The van der Waals surface area contributed by atoms with E-state index >= 15 is 0 Å². The minimum atomic E-state index is -4.18. The number of carbonyl (C=O) groups is 2. The van der Waals surface area contributed by atoms with Crippen LogP contribution in [-0.4, -0.2) is 31.5 Å². The van der Waals surface area contributed by atoms with E-state index in [9.17, 15) is 27.5 Å². The van der Waals surface area contributed by atoms with Gasteiger partial charge >= 0.3 is 11.9 Å². The third kappa shape index (κ3) is 6.09. The van der Waals surface area contributed by atoms with E-state index in [0.717, 1.165) is 36.4 Å². The fraction of sp³-hybridized carbons (Fsp3) is 0.167. The smallest absolute Gasteiger partial charge is 0.397 e. The SMILES string of the molecule is Cc1cc(NC(=O)C(=O)OC(C)C)cc(Cl)c1Oc1ccc(O)c(S(=O)(=O)c2ccc(F)cc2)c1. The molecule has 1 amide bonds. The summed E-state index contributed by atoms with van der Waals surface area (Å²) in [5, 5.41) is 12.6. The predicted octanol–water partition coefficient (Wildman–Crippen LogP) is 5.01. The Hall–Kier alpha value is -3.63. The van der Waals surface area contributed by atoms with Crippen LogP contribution in [0.5, 0.6) is 17.2 Å². The second-order valence-corrected chi connectivity index (χ2v) is 10.0. The summed E-state index contributed by atoms with van der Waals surface area (Å²) in [6, 6.07) is 10.6. The highest BCUT2D eigenvalue weighted by Crippen LogP contribution is 2.38. The first-order chi connectivity index (χ1) is 16.4. The van der Waals surface area contributed by atoms with E-state index in [4.69, 9.17) is 21.1 Å². The molecule has 0 heterocycles. The Labute approximate surface area is 206 Å². The van der Waals surface area contributed by atoms with E-state index in [1.807, 2.05) is 0 Å². The molecule has 0 atom stereocenters. The van der Waals surface area contributed by atoms with Gasteiger partial charge in [-0.2, -0.15) is 0 Å². The highest BCUT2D eigenvalue weighted by Gasteiger charge is 2.23. The number of sulfone groups is 1. The number of aryl methyl sites for hydroxylation is 1. The first-order valence-corrected chi connectivity index (χ1v) is 12.1. The van der Waals surface area contributed by atoms with Gasteiger partial charge in [0.15, 0.2) is 0 Å². The number of ether oxygens (including phenoxy) is 2. The summed E-state index contributed by atoms with van der Waals surface area (Å²) in [6.45, 7) is 4.84. The summed E-state index contributed by atoms with van der Waals surface area (Å²) >= 11 is 6.31. The first kappa shape index (κ1) is 26.0. The molecule has 3 aromatic rings. The number of phenolic OH excluding ortho intramolecular Hbond substituents is 1. The first-order valence-electron chi connectivity index (χ1n) is 10.2. The second-order valence-electron chi connectivity index (χ2n) is 7.70. The van der Waals surface area contributed by atoms with Gasteiger partial charge in [0.05, 0.1) is 16.0 Å². The molecule has 2 N–H and O–H groups in total. The average Bonchev–Trinajstić information content (AvgIpc) is 2.77. The van der Waals surface area contributed by atoms with E-state index in [1.165, 1.54) is 18.2 Å². The number of benzene rings is 3. The lowest BCUT2D eigenvalue weighted by molar-refractivity contribution is -0.155. The summed E-state index contributed by atoms with van der Waals surface area (Å²) in [5.41, 5.74) is 0.678. The van der Waals surface area contributed by atoms with Crippen molar-refractivity contribution in [3.05, 3.63) is 71.0 Å². The lowest BCUT2D eigenvalue weighted by Gasteiger charge is -2.15. The molecular weight excluding hydrogens is 501 g/mol. The lowest BCUT2D eigenvalue weighted by atomic mass is 10.2. The number of phenols is 1. The van der Waals surface area contributed by atoms with Gasteiger partial charge in [-0.15, -0.1) is 0 Å². The zero-order valence-corrected chi connectivity index (χ0v) is 20.4. The van der Waals surface area contributed by atoms with Gasteiger partial charge in [0.1, 0.15) is 28.0 Å². The molecule has 184 valence electrons. The second kappa shape index (κ2) is 10.3. The number of hydrogen-bond donors (Lipinski definition) is 2. The predicted molar refractivity (Wildman–Crippen MR) is 126 cm³/mol. The van der Waals surface area contributed by atoms with Gasteiger partial charge in [-0.1, -0.05) is 11.6 Å². The minimum absolute atomic E-state index is 0.0470. The number of halogens is 2. The third-order valence-electron chi connectivity index (χ3n) is 4.58. The number of hydrogen-bond acceptors (Lipinski definition) is 7. The van der Waals surface area contributed by atoms with Gasteiger partial charge in [0, 0.05) is 11.8 Å². The molecule has 0 bridgehead atoms. The van der Waals surface area contributed by atoms with Crippen molar-refractivity contribution in [2.24, 2.45) is 0 Å². The normalized spacial score (nSPS) is 11.3. The summed E-state index contributed by atoms with van der Waals surface area (Å²) in [5.74, 6) is -2.94. The number of anilines is 1. The topological polar surface area (TPSA) is 119 Å². The van der Waals surface area contributed by atoms with Gasteiger partial charge in [0.2, 0.25) is 9.84 Å². The number of rotatable bonds is 6. The maximum Gasteiger partial charge on any atom is 0.397 e. The van der Waals surface area contributed by atoms with Crippen molar-refractivity contribution in [1.29, 1.82) is 0 Å². The van der Waals surface area contributed by atoms with Crippen LogP contribution in [0.1, 0.15) is 19.4 Å². The van der Waals surface area contributed by atoms with Crippen LogP contribution < -0.4 is 10.1 Å². The van der Waals surface area contributed by atoms with Crippen molar-refractivity contribution >= 4 is 39.0 Å². The zero-order valence-electron chi connectivity index (χ0n) is 18.8. The Bertz CT molecular complexity index is 1370. The Kier molecular flexibility index (Phi) is 7.67. The minimum Gasteiger partial charge on any atom is -0.507 e. The number of carbonyl (C=O) groups excluding carboxylic acids is 2. The summed E-state index contributed by atoms with van der Waals surface area (Å²) in [6.07, 6.45) is -0.462. The van der Waals surface area contributed by atoms with E-state index in [1.54, 1.807) is 20.8 Å². The zero-order chi connectivity index (χ0) is 25.9. The Morgan fingerprint density at radius 3 is 2.31 bits per heavy atom. The van der Waals surface area contributed by atoms with Crippen LogP contribution in [0.15, 0.2) is 64.4 Å². The number of esters is 1. The van der Waals surface area contributed by atoms with E-state index in [-0.39, 0.29) is 27.1 Å². The van der Waals surface area contributed by atoms with Crippen molar-refractivity contribution in [1.82, 2.24) is 0 Å². The molecule has 3 rings (SSSR count). The van der Waals surface area contributed by atoms with E-state index in [2.05, 4.69) is 5.32 Å². The van der Waals surface area contributed by atoms with Gasteiger partial charge in [-0.3, -0.25) is 4.79 Å². The average molecular weight is 522 g/mol. The van der Waals surface area contributed by atoms with Crippen molar-refractivity contribution < 1.29 is 37.0 Å². The Morgan fingerprint density at radius 1 is 1.06 bits per heavy atom. The fourth-order valence-corrected chi connectivity index (χ4v) is 4.68. The highest BCUT2D eigenvalue weighted by atomic mass is 35.5. The third-order valence-corrected chi connectivity index (χ3v) is 6.66. The molecule has 0 aliphatic carbocycles. The molecule has 8 nitrogen and oxygen atoms in total.